The van der Waals surface area contributed by atoms with Crippen molar-refractivity contribution < 1.29 is 4.79 Å². The lowest BCUT2D eigenvalue weighted by Gasteiger charge is -2.28. The first-order valence-electron chi connectivity index (χ1n) is 12.1. The highest BCUT2D eigenvalue weighted by Crippen LogP contribution is 2.43. The number of pyridine rings is 1. The van der Waals surface area contributed by atoms with Crippen LogP contribution >= 0.6 is 23.8 Å². The van der Waals surface area contributed by atoms with Crippen molar-refractivity contribution in [3.05, 3.63) is 112 Å². The van der Waals surface area contributed by atoms with Crippen LogP contribution in [0.1, 0.15) is 40.3 Å². The van der Waals surface area contributed by atoms with E-state index >= 15 is 0 Å². The van der Waals surface area contributed by atoms with Crippen molar-refractivity contribution in [1.29, 1.82) is 0 Å². The Bertz CT molecular complexity index is 1450. The normalized spacial score (nSPS) is 17.1. The summed E-state index contributed by atoms with van der Waals surface area (Å²) in [7, 11) is 0. The molecule has 0 radical (unpaired) electrons. The van der Waals surface area contributed by atoms with E-state index in [9.17, 15) is 4.79 Å². The Morgan fingerprint density at radius 2 is 1.78 bits per heavy atom. The molecule has 2 atom stereocenters. The predicted molar refractivity (Wildman–Crippen MR) is 152 cm³/mol. The van der Waals surface area contributed by atoms with Crippen LogP contribution in [0.5, 0.6) is 0 Å². The molecule has 0 spiro atoms. The summed E-state index contributed by atoms with van der Waals surface area (Å²) in [6, 6.07) is 22.7. The van der Waals surface area contributed by atoms with Gasteiger partial charge in [-0.05, 0) is 81.0 Å². The second kappa shape index (κ2) is 10.4. The summed E-state index contributed by atoms with van der Waals surface area (Å²) in [5.74, 6) is -0.136. The molecule has 6 nitrogen and oxygen atoms in total. The molecule has 1 saturated heterocycles. The SMILES string of the molecule is Cc1c([C@H]2[C@@H](c3ccccn3)NC(=S)N2CC(=O)Nc2ccccc2)c(C)n(-c2cccc(Cl)c2)c1C. The third-order valence-corrected chi connectivity index (χ3v) is 7.53. The van der Waals surface area contributed by atoms with Crippen molar-refractivity contribution in [2.75, 3.05) is 11.9 Å². The van der Waals surface area contributed by atoms with E-state index in [1.165, 1.54) is 0 Å². The van der Waals surface area contributed by atoms with Crippen LogP contribution in [0.4, 0.5) is 5.69 Å². The van der Waals surface area contributed by atoms with E-state index in [-0.39, 0.29) is 24.5 Å². The van der Waals surface area contributed by atoms with E-state index < -0.39 is 0 Å². The van der Waals surface area contributed by atoms with E-state index in [0.717, 1.165) is 39.6 Å². The van der Waals surface area contributed by atoms with Gasteiger partial charge < -0.3 is 20.1 Å². The first-order chi connectivity index (χ1) is 17.8. The summed E-state index contributed by atoms with van der Waals surface area (Å²) in [5.41, 5.74) is 7.06. The summed E-state index contributed by atoms with van der Waals surface area (Å²) in [6.07, 6.45) is 1.78. The molecule has 3 heterocycles. The van der Waals surface area contributed by atoms with Gasteiger partial charge in [-0.1, -0.05) is 41.9 Å². The highest BCUT2D eigenvalue weighted by atomic mass is 35.5. The van der Waals surface area contributed by atoms with Crippen LogP contribution in [0.3, 0.4) is 0 Å². The number of thiocarbonyl (C=S) groups is 1. The molecule has 1 fully saturated rings. The largest absolute Gasteiger partial charge is 0.352 e. The molecule has 2 aromatic heterocycles. The Hall–Kier alpha value is -3.68. The molecule has 8 heteroatoms. The lowest BCUT2D eigenvalue weighted by Crippen LogP contribution is -2.37. The van der Waals surface area contributed by atoms with Crippen LogP contribution in [-0.2, 0) is 4.79 Å². The molecular formula is C29H28ClN5OS. The van der Waals surface area contributed by atoms with Crippen LogP contribution in [0.15, 0.2) is 79.0 Å². The van der Waals surface area contributed by atoms with Gasteiger partial charge in [0.15, 0.2) is 5.11 Å². The highest BCUT2D eigenvalue weighted by molar-refractivity contribution is 7.80. The minimum absolute atomic E-state index is 0.106. The van der Waals surface area contributed by atoms with E-state index in [0.29, 0.717) is 10.1 Å². The molecule has 2 N–H and O–H groups in total. The summed E-state index contributed by atoms with van der Waals surface area (Å²) < 4.78 is 2.22. The van der Waals surface area contributed by atoms with Crippen molar-refractivity contribution in [3.8, 4) is 5.69 Å². The zero-order valence-corrected chi connectivity index (χ0v) is 22.5. The molecule has 0 bridgehead atoms. The van der Waals surface area contributed by atoms with E-state index in [1.807, 2.05) is 77.7 Å². The molecule has 1 aliphatic heterocycles. The minimum atomic E-state index is -0.233. The van der Waals surface area contributed by atoms with E-state index in [4.69, 9.17) is 23.8 Å². The van der Waals surface area contributed by atoms with Crippen LogP contribution in [-0.4, -0.2) is 32.0 Å². The zero-order chi connectivity index (χ0) is 26.1. The predicted octanol–water partition coefficient (Wildman–Crippen LogP) is 6.06. The molecule has 5 rings (SSSR count). The van der Waals surface area contributed by atoms with Gasteiger partial charge in [-0.15, -0.1) is 0 Å². The maximum absolute atomic E-state index is 13.2. The van der Waals surface area contributed by atoms with Crippen molar-refractivity contribution in [3.63, 3.8) is 0 Å². The van der Waals surface area contributed by atoms with Crippen LogP contribution in [0.2, 0.25) is 5.02 Å². The molecule has 37 heavy (non-hydrogen) atoms. The highest BCUT2D eigenvalue weighted by Gasteiger charge is 2.43. The van der Waals surface area contributed by atoms with Gasteiger partial charge >= 0.3 is 0 Å². The standard InChI is InChI=1S/C29H28ClN5OS/c1-18-19(2)35(23-13-9-10-21(30)16-23)20(3)26(18)28-27(24-14-7-8-15-31-24)33-29(37)34(28)17-25(36)32-22-11-5-4-6-12-22/h4-16,27-28H,17H2,1-3H3,(H,32,36)(H,33,37)/t27-,28+/m1/s1. The number of amides is 1. The number of carbonyl (C=O) groups is 1. The number of nitrogens with one attached hydrogen (secondary N) is 2. The fourth-order valence-electron chi connectivity index (χ4n) is 5.21. The number of halogens is 1. The van der Waals surface area contributed by atoms with Gasteiger partial charge in [-0.3, -0.25) is 9.78 Å². The minimum Gasteiger partial charge on any atom is -0.352 e. The molecular weight excluding hydrogens is 502 g/mol. The molecule has 0 aliphatic carbocycles. The van der Waals surface area contributed by atoms with Gasteiger partial charge in [-0.2, -0.15) is 0 Å². The molecule has 2 aromatic carbocycles. The number of carbonyl (C=O) groups excluding carboxylic acids is 1. The molecule has 4 aromatic rings. The quantitative estimate of drug-likeness (QED) is 0.297. The van der Waals surface area contributed by atoms with Crippen molar-refractivity contribution in [1.82, 2.24) is 19.8 Å². The number of anilines is 1. The third kappa shape index (κ3) is 4.84. The Morgan fingerprint density at radius 3 is 2.49 bits per heavy atom. The van der Waals surface area contributed by atoms with E-state index in [1.54, 1.807) is 6.20 Å². The van der Waals surface area contributed by atoms with Crippen LogP contribution < -0.4 is 10.6 Å². The van der Waals surface area contributed by atoms with Crippen molar-refractivity contribution in [2.45, 2.75) is 32.9 Å². The Balaban J connectivity index is 1.58. The Morgan fingerprint density at radius 1 is 1.03 bits per heavy atom. The molecule has 1 amide bonds. The average molecular weight is 530 g/mol. The number of nitrogens with zero attached hydrogens (tertiary/aromatic N) is 3. The number of hydrogen-bond acceptors (Lipinski definition) is 3. The first kappa shape index (κ1) is 25.0. The lowest BCUT2D eigenvalue weighted by molar-refractivity contribution is -0.116. The number of para-hydroxylation sites is 1. The summed E-state index contributed by atoms with van der Waals surface area (Å²) in [5, 5.41) is 7.65. The Labute approximate surface area is 227 Å². The summed E-state index contributed by atoms with van der Waals surface area (Å²) in [6.45, 7) is 6.44. The Kier molecular flexibility index (Phi) is 7.00. The maximum atomic E-state index is 13.2. The summed E-state index contributed by atoms with van der Waals surface area (Å²) in [4.78, 5) is 19.8. The molecule has 188 valence electrons. The number of rotatable bonds is 6. The fourth-order valence-corrected chi connectivity index (χ4v) is 5.70. The maximum Gasteiger partial charge on any atom is 0.244 e. The number of aromatic nitrogens is 2. The number of benzene rings is 2. The zero-order valence-electron chi connectivity index (χ0n) is 20.9. The van der Waals surface area contributed by atoms with Gasteiger partial charge in [0.05, 0.1) is 17.8 Å². The topological polar surface area (TPSA) is 62.2 Å². The van der Waals surface area contributed by atoms with Crippen LogP contribution in [0, 0.1) is 20.8 Å². The lowest BCUT2D eigenvalue weighted by atomic mass is 9.93. The van der Waals surface area contributed by atoms with Crippen molar-refractivity contribution in [2.24, 2.45) is 0 Å². The van der Waals surface area contributed by atoms with Gasteiger partial charge in [0.25, 0.3) is 0 Å². The van der Waals surface area contributed by atoms with Gasteiger partial charge in [0, 0.05) is 39.5 Å². The first-order valence-corrected chi connectivity index (χ1v) is 12.9. The van der Waals surface area contributed by atoms with Gasteiger partial charge in [0.1, 0.15) is 6.54 Å². The average Bonchev–Trinajstić information content (AvgIpc) is 3.31. The molecule has 1 aliphatic rings. The number of hydrogen-bond donors (Lipinski definition) is 2. The monoisotopic (exact) mass is 529 g/mol. The second-order valence-corrected chi connectivity index (χ2v) is 10.0. The van der Waals surface area contributed by atoms with Crippen LogP contribution in [0.25, 0.3) is 5.69 Å². The van der Waals surface area contributed by atoms with Gasteiger partial charge in [-0.25, -0.2) is 0 Å². The summed E-state index contributed by atoms with van der Waals surface area (Å²) >= 11 is 12.1. The van der Waals surface area contributed by atoms with Crippen molar-refractivity contribution >= 4 is 40.5 Å². The van der Waals surface area contributed by atoms with E-state index in [2.05, 4.69) is 41.0 Å². The fraction of sp³-hybridized carbons (Fsp3) is 0.207. The second-order valence-electron chi connectivity index (χ2n) is 9.19. The smallest absolute Gasteiger partial charge is 0.244 e. The molecule has 0 saturated carbocycles. The van der Waals surface area contributed by atoms with Gasteiger partial charge in [0.2, 0.25) is 5.91 Å². The molecule has 0 unspecified atom stereocenters. The third-order valence-electron chi connectivity index (χ3n) is 6.94.